The van der Waals surface area contributed by atoms with Gasteiger partial charge in [-0.05, 0) is 47.5 Å². The fourth-order valence-corrected chi connectivity index (χ4v) is 3.35. The first-order valence-corrected chi connectivity index (χ1v) is 8.46. The van der Waals surface area contributed by atoms with Crippen molar-refractivity contribution in [2.24, 2.45) is 0 Å². The Hall–Kier alpha value is -2.21. The number of aryl methyl sites for hydroxylation is 1. The van der Waals surface area contributed by atoms with Crippen LogP contribution in [0.1, 0.15) is 59.1 Å². The normalized spacial score (nSPS) is 10.7. The smallest absolute Gasteiger partial charge is 0.354 e. The van der Waals surface area contributed by atoms with Crippen molar-refractivity contribution in [2.75, 3.05) is 0 Å². The Labute approximate surface area is 138 Å². The molecule has 2 aromatic heterocycles. The van der Waals surface area contributed by atoms with Crippen LogP contribution in [0, 0.1) is 0 Å². The molecule has 0 amide bonds. The lowest BCUT2D eigenvalue weighted by molar-refractivity contribution is 0.0685. The number of hydrogen-bond donors (Lipinski definition) is 2. The van der Waals surface area contributed by atoms with E-state index in [-0.39, 0.29) is 11.4 Å². The molecule has 0 aliphatic carbocycles. The first-order chi connectivity index (χ1) is 11.0. The maximum atomic E-state index is 11.2. The molecular weight excluding hydrogens is 314 g/mol. The summed E-state index contributed by atoms with van der Waals surface area (Å²) in [6.07, 6.45) is 5.50. The summed E-state index contributed by atoms with van der Waals surface area (Å²) in [5.41, 5.74) is 1.25. The molecule has 0 unspecified atom stereocenters. The number of unbranched alkanes of at least 4 members (excludes halogenated alkanes) is 3. The lowest BCUT2D eigenvalue weighted by Crippen LogP contribution is -2.07. The quantitative estimate of drug-likeness (QED) is 0.702. The highest BCUT2D eigenvalue weighted by Crippen LogP contribution is 2.31. The van der Waals surface area contributed by atoms with Gasteiger partial charge in [-0.15, -0.1) is 11.3 Å². The lowest BCUT2D eigenvalue weighted by Gasteiger charge is -2.07. The minimum atomic E-state index is -1.23. The molecule has 23 heavy (non-hydrogen) atoms. The van der Waals surface area contributed by atoms with E-state index in [0.29, 0.717) is 5.56 Å². The van der Waals surface area contributed by atoms with Gasteiger partial charge in [0.15, 0.2) is 0 Å². The van der Waals surface area contributed by atoms with E-state index in [1.54, 1.807) is 0 Å². The number of carboxylic acid groups (broad SMARTS) is 2. The first kappa shape index (κ1) is 17.1. The average Bonchev–Trinajstić information content (AvgIpc) is 2.99. The van der Waals surface area contributed by atoms with E-state index >= 15 is 0 Å². The van der Waals surface area contributed by atoms with Gasteiger partial charge in [0.1, 0.15) is 11.4 Å². The number of aromatic carboxylic acids is 2. The summed E-state index contributed by atoms with van der Waals surface area (Å²) in [5, 5.41) is 20.2. The Morgan fingerprint density at radius 1 is 1.09 bits per heavy atom. The summed E-state index contributed by atoms with van der Waals surface area (Å²) in [6, 6.07) is 4.90. The van der Waals surface area contributed by atoms with Crippen LogP contribution in [0.25, 0.3) is 10.4 Å². The molecule has 0 bridgehead atoms. The fraction of sp³-hybridized carbons (Fsp3) is 0.353. The first-order valence-electron chi connectivity index (χ1n) is 7.58. The summed E-state index contributed by atoms with van der Waals surface area (Å²) < 4.78 is 0. The molecule has 0 aromatic carbocycles. The van der Waals surface area contributed by atoms with Gasteiger partial charge in [-0.1, -0.05) is 26.2 Å². The predicted molar refractivity (Wildman–Crippen MR) is 89.3 cm³/mol. The zero-order valence-electron chi connectivity index (χ0n) is 12.9. The van der Waals surface area contributed by atoms with E-state index in [0.717, 1.165) is 29.7 Å². The number of carboxylic acids is 2. The molecule has 2 rings (SSSR count). The molecule has 0 aliphatic heterocycles. The second kappa shape index (κ2) is 7.87. The molecule has 0 atom stereocenters. The monoisotopic (exact) mass is 333 g/mol. The van der Waals surface area contributed by atoms with Crippen molar-refractivity contribution >= 4 is 23.3 Å². The molecule has 2 heterocycles. The minimum absolute atomic E-state index is 0.245. The van der Waals surface area contributed by atoms with Crippen molar-refractivity contribution in [3.8, 4) is 10.4 Å². The average molecular weight is 333 g/mol. The Morgan fingerprint density at radius 2 is 1.74 bits per heavy atom. The molecule has 122 valence electrons. The zero-order chi connectivity index (χ0) is 16.8. The van der Waals surface area contributed by atoms with Crippen molar-refractivity contribution in [1.29, 1.82) is 0 Å². The number of thiophene rings is 1. The third kappa shape index (κ3) is 4.39. The van der Waals surface area contributed by atoms with E-state index in [2.05, 4.69) is 11.9 Å². The SMILES string of the molecule is CCCCCCc1ccsc1-c1cc(C(=O)O)nc(C(=O)O)c1. The van der Waals surface area contributed by atoms with Crippen molar-refractivity contribution < 1.29 is 19.8 Å². The molecule has 0 saturated carbocycles. The molecule has 2 N–H and O–H groups in total. The van der Waals surface area contributed by atoms with Crippen LogP contribution >= 0.6 is 11.3 Å². The van der Waals surface area contributed by atoms with E-state index in [1.165, 1.54) is 36.3 Å². The Morgan fingerprint density at radius 3 is 2.30 bits per heavy atom. The molecule has 0 fully saturated rings. The van der Waals surface area contributed by atoms with Gasteiger partial charge in [0.05, 0.1) is 0 Å². The maximum absolute atomic E-state index is 11.2. The zero-order valence-corrected chi connectivity index (χ0v) is 13.7. The number of pyridine rings is 1. The summed E-state index contributed by atoms with van der Waals surface area (Å²) in [5.74, 6) is -2.45. The molecule has 2 aromatic rings. The molecule has 0 aliphatic rings. The van der Waals surface area contributed by atoms with Gasteiger partial charge in [-0.2, -0.15) is 0 Å². The third-order valence-electron chi connectivity index (χ3n) is 3.57. The summed E-state index contributed by atoms with van der Waals surface area (Å²) in [4.78, 5) is 26.9. The highest BCUT2D eigenvalue weighted by Gasteiger charge is 2.16. The second-order valence-corrected chi connectivity index (χ2v) is 6.24. The van der Waals surface area contributed by atoms with E-state index < -0.39 is 11.9 Å². The summed E-state index contributed by atoms with van der Waals surface area (Å²) in [7, 11) is 0. The van der Waals surface area contributed by atoms with Crippen molar-refractivity contribution in [3.05, 3.63) is 40.5 Å². The van der Waals surface area contributed by atoms with Crippen LogP contribution < -0.4 is 0 Å². The summed E-state index contributed by atoms with van der Waals surface area (Å²) >= 11 is 1.49. The van der Waals surface area contributed by atoms with Crippen LogP contribution in [0.2, 0.25) is 0 Å². The van der Waals surface area contributed by atoms with E-state index in [9.17, 15) is 9.59 Å². The minimum Gasteiger partial charge on any atom is -0.477 e. The molecule has 0 spiro atoms. The van der Waals surface area contributed by atoms with Crippen molar-refractivity contribution in [3.63, 3.8) is 0 Å². The number of aromatic nitrogens is 1. The molecule has 6 heteroatoms. The molecular formula is C17H19NO4S. The Kier molecular flexibility index (Phi) is 5.87. The van der Waals surface area contributed by atoms with Gasteiger partial charge in [0, 0.05) is 4.88 Å². The van der Waals surface area contributed by atoms with E-state index in [4.69, 9.17) is 10.2 Å². The number of carbonyl (C=O) groups is 2. The number of rotatable bonds is 8. The standard InChI is InChI=1S/C17H19NO4S/c1-2-3-4-5-6-11-7-8-23-15(11)12-9-13(16(19)20)18-14(10-12)17(21)22/h7-10H,2-6H2,1H3,(H,19,20)(H,21,22). The highest BCUT2D eigenvalue weighted by atomic mass is 32.1. The van der Waals surface area contributed by atoms with E-state index in [1.807, 2.05) is 11.4 Å². The van der Waals surface area contributed by atoms with Crippen LogP contribution in [0.5, 0.6) is 0 Å². The topological polar surface area (TPSA) is 87.5 Å². The molecule has 5 nitrogen and oxygen atoms in total. The van der Waals surface area contributed by atoms with Crippen molar-refractivity contribution in [2.45, 2.75) is 39.0 Å². The van der Waals surface area contributed by atoms with Gasteiger partial charge in [0.25, 0.3) is 0 Å². The van der Waals surface area contributed by atoms with Crippen molar-refractivity contribution in [1.82, 2.24) is 4.98 Å². The third-order valence-corrected chi connectivity index (χ3v) is 4.58. The highest BCUT2D eigenvalue weighted by molar-refractivity contribution is 7.13. The van der Waals surface area contributed by atoms with Gasteiger partial charge >= 0.3 is 11.9 Å². The number of hydrogen-bond acceptors (Lipinski definition) is 4. The summed E-state index contributed by atoms with van der Waals surface area (Å²) in [6.45, 7) is 2.16. The number of nitrogens with zero attached hydrogens (tertiary/aromatic N) is 1. The fourth-order valence-electron chi connectivity index (χ4n) is 2.41. The second-order valence-electron chi connectivity index (χ2n) is 5.32. The van der Waals surface area contributed by atoms with Gasteiger partial charge < -0.3 is 10.2 Å². The Bertz CT molecular complexity index is 676. The maximum Gasteiger partial charge on any atom is 0.354 e. The van der Waals surface area contributed by atoms with Crippen LogP contribution in [0.4, 0.5) is 0 Å². The lowest BCUT2D eigenvalue weighted by atomic mass is 10.0. The van der Waals surface area contributed by atoms with Crippen LogP contribution in [0.15, 0.2) is 23.6 Å². The van der Waals surface area contributed by atoms with Crippen LogP contribution in [-0.4, -0.2) is 27.1 Å². The van der Waals surface area contributed by atoms with Gasteiger partial charge in [0.2, 0.25) is 0 Å². The van der Waals surface area contributed by atoms with Gasteiger partial charge in [-0.3, -0.25) is 0 Å². The van der Waals surface area contributed by atoms with Gasteiger partial charge in [-0.25, -0.2) is 14.6 Å². The van der Waals surface area contributed by atoms with Crippen LogP contribution in [-0.2, 0) is 6.42 Å². The predicted octanol–water partition coefficient (Wildman–Crippen LogP) is 4.33. The Balaban J connectivity index is 2.33. The molecule has 0 radical (unpaired) electrons. The largest absolute Gasteiger partial charge is 0.477 e. The van der Waals surface area contributed by atoms with Crippen LogP contribution in [0.3, 0.4) is 0 Å². The molecule has 0 saturated heterocycles.